The number of aromatic amines is 1. The second kappa shape index (κ2) is 9.53. The van der Waals surface area contributed by atoms with Crippen molar-refractivity contribution >= 4 is 22.7 Å². The van der Waals surface area contributed by atoms with E-state index in [9.17, 15) is 13.6 Å². The number of H-pyrrole nitrogens is 1. The fourth-order valence-corrected chi connectivity index (χ4v) is 5.61. The van der Waals surface area contributed by atoms with Crippen molar-refractivity contribution < 1.29 is 18.3 Å². The lowest BCUT2D eigenvalue weighted by atomic mass is 9.92. The van der Waals surface area contributed by atoms with Crippen molar-refractivity contribution in [3.8, 4) is 5.75 Å². The number of nitrogens with one attached hydrogen (secondary N) is 1. The Morgan fingerprint density at radius 1 is 1.03 bits per heavy atom. The molecule has 1 aromatic heterocycles. The maximum Gasteiger partial charge on any atom is 0.327 e. The van der Waals surface area contributed by atoms with Crippen molar-refractivity contribution in [3.63, 3.8) is 0 Å². The summed E-state index contributed by atoms with van der Waals surface area (Å²) in [6, 6.07) is 15.0. The minimum atomic E-state index is -0.440. The first-order valence-corrected chi connectivity index (χ1v) is 12.8. The van der Waals surface area contributed by atoms with Crippen LogP contribution in [0, 0.1) is 11.6 Å². The van der Waals surface area contributed by atoms with Crippen LogP contribution in [-0.2, 0) is 16.9 Å². The van der Waals surface area contributed by atoms with Crippen LogP contribution >= 0.6 is 0 Å². The highest BCUT2D eigenvalue weighted by atomic mass is 19.1. The molecule has 0 amide bonds. The van der Waals surface area contributed by atoms with E-state index >= 15 is 0 Å². The van der Waals surface area contributed by atoms with Crippen molar-refractivity contribution in [2.24, 2.45) is 0 Å². The molecule has 6 rings (SSSR count). The summed E-state index contributed by atoms with van der Waals surface area (Å²) >= 11 is 0. The molecule has 2 aliphatic rings. The van der Waals surface area contributed by atoms with Gasteiger partial charge >= 0.3 is 5.69 Å². The van der Waals surface area contributed by atoms with Crippen LogP contribution in [0.15, 0.2) is 59.4 Å². The molecule has 0 spiro atoms. The van der Waals surface area contributed by atoms with E-state index in [1.165, 1.54) is 18.2 Å². The number of hydrogen-bond acceptors (Lipinski definition) is 4. The first-order chi connectivity index (χ1) is 18.3. The number of fused-ring (bicyclic) bond motifs is 3. The van der Waals surface area contributed by atoms with Crippen molar-refractivity contribution in [1.82, 2.24) is 14.5 Å². The van der Waals surface area contributed by atoms with Crippen LogP contribution in [-0.4, -0.2) is 47.3 Å². The standard InChI is InChI=1S/C30H29F2N3O3/c1-30(2,18-34-10-12-37-13-11-34)35-27-9-6-19(15-26(27)33-29(35)36)14-23-21-4-3-5-25(32)24(21)17-38-28-16-20(31)7-8-22(23)28/h3-9,14-16H,10-13,17-18H2,1-2H3,(H,33,36). The molecule has 196 valence electrons. The maximum absolute atomic E-state index is 14.8. The smallest absolute Gasteiger partial charge is 0.327 e. The fourth-order valence-electron chi connectivity index (χ4n) is 5.61. The molecule has 0 bridgehead atoms. The third-order valence-corrected chi connectivity index (χ3v) is 7.35. The number of nitrogens with zero attached hydrogens (tertiary/aromatic N) is 2. The summed E-state index contributed by atoms with van der Waals surface area (Å²) in [5, 5.41) is 0. The van der Waals surface area contributed by atoms with Crippen LogP contribution in [0.4, 0.5) is 8.78 Å². The zero-order chi connectivity index (χ0) is 26.4. The van der Waals surface area contributed by atoms with Crippen molar-refractivity contribution in [2.75, 3.05) is 32.8 Å². The van der Waals surface area contributed by atoms with E-state index in [0.29, 0.717) is 41.2 Å². The Labute approximate surface area is 219 Å². The van der Waals surface area contributed by atoms with E-state index in [-0.39, 0.29) is 18.1 Å². The van der Waals surface area contributed by atoms with Crippen LogP contribution in [0.2, 0.25) is 0 Å². The molecule has 38 heavy (non-hydrogen) atoms. The van der Waals surface area contributed by atoms with E-state index in [0.717, 1.165) is 36.3 Å². The third kappa shape index (κ3) is 4.44. The molecule has 6 nitrogen and oxygen atoms in total. The van der Waals surface area contributed by atoms with Gasteiger partial charge < -0.3 is 14.5 Å². The molecule has 3 aromatic carbocycles. The van der Waals surface area contributed by atoms with Crippen LogP contribution in [0.3, 0.4) is 0 Å². The second-order valence-electron chi connectivity index (χ2n) is 10.5. The minimum absolute atomic E-state index is 0.00320. The monoisotopic (exact) mass is 517 g/mol. The Morgan fingerprint density at radius 2 is 1.84 bits per heavy atom. The molecule has 1 N–H and O–H groups in total. The molecule has 0 atom stereocenters. The van der Waals surface area contributed by atoms with Gasteiger partial charge in [0.2, 0.25) is 0 Å². The van der Waals surface area contributed by atoms with Gasteiger partial charge in [0.05, 0.1) is 29.8 Å². The molecule has 0 radical (unpaired) electrons. The number of benzene rings is 3. The molecule has 0 aliphatic carbocycles. The highest BCUT2D eigenvalue weighted by Crippen LogP contribution is 2.39. The summed E-state index contributed by atoms with van der Waals surface area (Å²) in [5.41, 5.74) is 4.24. The summed E-state index contributed by atoms with van der Waals surface area (Å²) in [6.07, 6.45) is 1.93. The average Bonchev–Trinajstić information content (AvgIpc) is 3.14. The SMILES string of the molecule is CC(C)(CN1CCOCC1)n1c(=O)[nH]c2cc(C=C3c4ccc(F)cc4OCc4c(F)cccc43)ccc21. The molecule has 4 aromatic rings. The highest BCUT2D eigenvalue weighted by Gasteiger charge is 2.29. The van der Waals surface area contributed by atoms with Gasteiger partial charge in [-0.1, -0.05) is 18.2 Å². The Kier molecular flexibility index (Phi) is 6.16. The summed E-state index contributed by atoms with van der Waals surface area (Å²) in [4.78, 5) is 18.5. The average molecular weight is 518 g/mol. The van der Waals surface area contributed by atoms with Crippen molar-refractivity contribution in [3.05, 3.63) is 99.0 Å². The normalized spacial score (nSPS) is 17.2. The summed E-state index contributed by atoms with van der Waals surface area (Å²) < 4.78 is 41.9. The maximum atomic E-state index is 14.8. The Morgan fingerprint density at radius 3 is 2.66 bits per heavy atom. The number of morpholine rings is 1. The number of ether oxygens (including phenoxy) is 2. The number of rotatable bonds is 4. The third-order valence-electron chi connectivity index (χ3n) is 7.35. The molecule has 2 aliphatic heterocycles. The van der Waals surface area contributed by atoms with Gasteiger partial charge in [0.15, 0.2) is 0 Å². The molecule has 8 heteroatoms. The van der Waals surface area contributed by atoms with E-state index in [1.807, 2.05) is 34.9 Å². The molecular formula is C30H29F2N3O3. The van der Waals surface area contributed by atoms with Gasteiger partial charge in [0.1, 0.15) is 24.0 Å². The van der Waals surface area contributed by atoms with Gasteiger partial charge in [0, 0.05) is 36.8 Å². The van der Waals surface area contributed by atoms with Crippen LogP contribution < -0.4 is 10.4 Å². The number of hydrogen-bond donors (Lipinski definition) is 1. The number of halogens is 2. The van der Waals surface area contributed by atoms with Crippen LogP contribution in [0.25, 0.3) is 22.7 Å². The summed E-state index contributed by atoms with van der Waals surface area (Å²) in [5.74, 6) is -0.437. The minimum Gasteiger partial charge on any atom is -0.488 e. The summed E-state index contributed by atoms with van der Waals surface area (Å²) in [6.45, 7) is 7.95. The van der Waals surface area contributed by atoms with E-state index in [4.69, 9.17) is 9.47 Å². The van der Waals surface area contributed by atoms with Gasteiger partial charge in [-0.25, -0.2) is 13.6 Å². The number of aromatic nitrogens is 2. The Hall–Kier alpha value is -3.75. The lowest BCUT2D eigenvalue weighted by molar-refractivity contribution is 0.0229. The van der Waals surface area contributed by atoms with Gasteiger partial charge in [-0.15, -0.1) is 0 Å². The second-order valence-corrected chi connectivity index (χ2v) is 10.5. The largest absolute Gasteiger partial charge is 0.488 e. The van der Waals surface area contributed by atoms with E-state index in [1.54, 1.807) is 12.1 Å². The van der Waals surface area contributed by atoms with Gasteiger partial charge in [-0.05, 0) is 67.0 Å². The first kappa shape index (κ1) is 24.6. The van der Waals surface area contributed by atoms with Crippen LogP contribution in [0.1, 0.15) is 36.1 Å². The van der Waals surface area contributed by atoms with E-state index < -0.39 is 11.4 Å². The molecule has 1 saturated heterocycles. The molecule has 0 unspecified atom stereocenters. The van der Waals surface area contributed by atoms with Gasteiger partial charge in [-0.3, -0.25) is 9.47 Å². The Balaban J connectivity index is 1.44. The molecule has 1 fully saturated rings. The topological polar surface area (TPSA) is 59.5 Å². The Bertz CT molecular complexity index is 1610. The van der Waals surface area contributed by atoms with Crippen molar-refractivity contribution in [1.29, 1.82) is 0 Å². The fraction of sp³-hybridized carbons (Fsp3) is 0.300. The summed E-state index contributed by atoms with van der Waals surface area (Å²) in [7, 11) is 0. The molecule has 0 saturated carbocycles. The lowest BCUT2D eigenvalue weighted by Gasteiger charge is -2.35. The number of imidazole rings is 1. The predicted molar refractivity (Wildman–Crippen MR) is 143 cm³/mol. The predicted octanol–water partition coefficient (Wildman–Crippen LogP) is 5.16. The van der Waals surface area contributed by atoms with Crippen molar-refractivity contribution in [2.45, 2.75) is 26.0 Å². The van der Waals surface area contributed by atoms with E-state index in [2.05, 4.69) is 23.7 Å². The molecule has 3 heterocycles. The highest BCUT2D eigenvalue weighted by molar-refractivity contribution is 5.95. The van der Waals surface area contributed by atoms with Gasteiger partial charge in [-0.2, -0.15) is 0 Å². The first-order valence-electron chi connectivity index (χ1n) is 12.8. The zero-order valence-corrected chi connectivity index (χ0v) is 21.4. The quantitative estimate of drug-likeness (QED) is 0.407. The van der Waals surface area contributed by atoms with Crippen LogP contribution in [0.5, 0.6) is 5.75 Å². The lowest BCUT2D eigenvalue weighted by Crippen LogP contribution is -2.48. The zero-order valence-electron chi connectivity index (χ0n) is 21.4. The van der Waals surface area contributed by atoms with Gasteiger partial charge in [0.25, 0.3) is 0 Å². The molecular weight excluding hydrogens is 488 g/mol.